The van der Waals surface area contributed by atoms with E-state index >= 15 is 0 Å². The van der Waals surface area contributed by atoms with Crippen LogP contribution in [0, 0.1) is 0 Å². The lowest BCUT2D eigenvalue weighted by Gasteiger charge is -2.09. The molecule has 0 aliphatic carbocycles. The standard InChI is InChI=1S/C22H20ClNO/c1-17(21-9-5-6-10-22(21)23)24-15-18-11-13-20(14-12-18)25-16-19-7-3-2-4-8-19/h2-15,17H,16H2,1H3/b24-15-. The first kappa shape index (κ1) is 17.2. The second-order valence-corrected chi connectivity index (χ2v) is 6.23. The molecule has 0 spiro atoms. The Morgan fingerprint density at radius 2 is 1.60 bits per heavy atom. The number of ether oxygens (including phenoxy) is 1. The molecule has 3 aromatic carbocycles. The molecule has 1 atom stereocenters. The molecule has 0 bridgehead atoms. The highest BCUT2D eigenvalue weighted by Crippen LogP contribution is 2.25. The number of rotatable bonds is 6. The van der Waals surface area contributed by atoms with Gasteiger partial charge in [0.15, 0.2) is 0 Å². The largest absolute Gasteiger partial charge is 0.489 e. The van der Waals surface area contributed by atoms with Crippen LogP contribution in [0.2, 0.25) is 5.02 Å². The molecule has 0 heterocycles. The smallest absolute Gasteiger partial charge is 0.119 e. The van der Waals surface area contributed by atoms with Gasteiger partial charge in [0, 0.05) is 11.2 Å². The molecule has 0 amide bonds. The summed E-state index contributed by atoms with van der Waals surface area (Å²) >= 11 is 6.22. The van der Waals surface area contributed by atoms with Gasteiger partial charge < -0.3 is 4.74 Å². The molecular weight excluding hydrogens is 330 g/mol. The first-order chi connectivity index (χ1) is 12.2. The number of benzene rings is 3. The molecule has 3 rings (SSSR count). The zero-order valence-corrected chi connectivity index (χ0v) is 14.9. The maximum Gasteiger partial charge on any atom is 0.119 e. The van der Waals surface area contributed by atoms with Crippen LogP contribution >= 0.6 is 11.6 Å². The van der Waals surface area contributed by atoms with E-state index in [2.05, 4.69) is 17.1 Å². The van der Waals surface area contributed by atoms with E-state index in [1.807, 2.05) is 79.9 Å². The highest BCUT2D eigenvalue weighted by Gasteiger charge is 2.06. The van der Waals surface area contributed by atoms with Gasteiger partial charge in [-0.1, -0.05) is 60.1 Å². The van der Waals surface area contributed by atoms with Gasteiger partial charge in [0.2, 0.25) is 0 Å². The quantitative estimate of drug-likeness (QED) is 0.493. The molecule has 126 valence electrons. The van der Waals surface area contributed by atoms with Crippen LogP contribution in [0.3, 0.4) is 0 Å². The monoisotopic (exact) mass is 349 g/mol. The summed E-state index contributed by atoms with van der Waals surface area (Å²) in [6.45, 7) is 2.60. The fourth-order valence-corrected chi connectivity index (χ4v) is 2.78. The van der Waals surface area contributed by atoms with Crippen molar-refractivity contribution in [2.75, 3.05) is 0 Å². The van der Waals surface area contributed by atoms with Gasteiger partial charge in [0.05, 0.1) is 6.04 Å². The van der Waals surface area contributed by atoms with Crippen molar-refractivity contribution in [3.8, 4) is 5.75 Å². The highest BCUT2D eigenvalue weighted by atomic mass is 35.5. The molecule has 0 aliphatic heterocycles. The molecule has 3 aromatic rings. The van der Waals surface area contributed by atoms with Crippen molar-refractivity contribution in [2.24, 2.45) is 4.99 Å². The van der Waals surface area contributed by atoms with Crippen molar-refractivity contribution in [2.45, 2.75) is 19.6 Å². The summed E-state index contributed by atoms with van der Waals surface area (Å²) in [6, 6.07) is 25.9. The SMILES string of the molecule is CC(/N=C\c1ccc(OCc2ccccc2)cc1)c1ccccc1Cl. The fraction of sp³-hybridized carbons (Fsp3) is 0.136. The molecule has 3 heteroatoms. The van der Waals surface area contributed by atoms with E-state index in [0.717, 1.165) is 27.5 Å². The Balaban J connectivity index is 1.59. The van der Waals surface area contributed by atoms with Crippen LogP contribution in [0.25, 0.3) is 0 Å². The van der Waals surface area contributed by atoms with Crippen molar-refractivity contribution < 1.29 is 4.74 Å². The molecule has 0 saturated heterocycles. The average Bonchev–Trinajstić information content (AvgIpc) is 2.66. The van der Waals surface area contributed by atoms with Gasteiger partial charge in [0.25, 0.3) is 0 Å². The number of nitrogens with zero attached hydrogens (tertiary/aromatic N) is 1. The van der Waals surface area contributed by atoms with E-state index < -0.39 is 0 Å². The maximum atomic E-state index is 6.22. The molecule has 25 heavy (non-hydrogen) atoms. The summed E-state index contributed by atoms with van der Waals surface area (Å²) in [5, 5.41) is 0.747. The summed E-state index contributed by atoms with van der Waals surface area (Å²) < 4.78 is 5.80. The van der Waals surface area contributed by atoms with Gasteiger partial charge in [-0.3, -0.25) is 4.99 Å². The van der Waals surface area contributed by atoms with E-state index in [0.29, 0.717) is 6.61 Å². The van der Waals surface area contributed by atoms with E-state index in [1.54, 1.807) is 0 Å². The molecule has 0 aromatic heterocycles. The Morgan fingerprint density at radius 1 is 0.920 bits per heavy atom. The average molecular weight is 350 g/mol. The minimum Gasteiger partial charge on any atom is -0.489 e. The number of hydrogen-bond donors (Lipinski definition) is 0. The third-order valence-electron chi connectivity index (χ3n) is 3.93. The zero-order valence-electron chi connectivity index (χ0n) is 14.1. The first-order valence-corrected chi connectivity index (χ1v) is 8.64. The lowest BCUT2D eigenvalue weighted by molar-refractivity contribution is 0.306. The molecule has 0 saturated carbocycles. The topological polar surface area (TPSA) is 21.6 Å². The van der Waals surface area contributed by atoms with Crippen LogP contribution in [0.1, 0.15) is 29.7 Å². The Morgan fingerprint density at radius 3 is 2.32 bits per heavy atom. The Labute approximate surface area is 153 Å². The van der Waals surface area contributed by atoms with E-state index in [1.165, 1.54) is 0 Å². The molecule has 1 unspecified atom stereocenters. The molecule has 2 nitrogen and oxygen atoms in total. The summed E-state index contributed by atoms with van der Waals surface area (Å²) in [5.41, 5.74) is 3.22. The van der Waals surface area contributed by atoms with Crippen molar-refractivity contribution in [1.82, 2.24) is 0 Å². The minimum atomic E-state index is 0.0164. The van der Waals surface area contributed by atoms with Crippen LogP contribution < -0.4 is 4.74 Å². The molecule has 0 aliphatic rings. The van der Waals surface area contributed by atoms with Crippen molar-refractivity contribution in [1.29, 1.82) is 0 Å². The second-order valence-electron chi connectivity index (χ2n) is 5.82. The van der Waals surface area contributed by atoms with Gasteiger partial charge >= 0.3 is 0 Å². The van der Waals surface area contributed by atoms with Gasteiger partial charge in [-0.15, -0.1) is 0 Å². The van der Waals surface area contributed by atoms with E-state index in [9.17, 15) is 0 Å². The molecule has 0 fully saturated rings. The fourth-order valence-electron chi connectivity index (χ4n) is 2.48. The Kier molecular flexibility index (Phi) is 5.86. The summed E-state index contributed by atoms with van der Waals surface area (Å²) in [7, 11) is 0. The lowest BCUT2D eigenvalue weighted by atomic mass is 10.1. The third kappa shape index (κ3) is 4.94. The van der Waals surface area contributed by atoms with Gasteiger partial charge in [-0.25, -0.2) is 0 Å². The van der Waals surface area contributed by atoms with E-state index in [4.69, 9.17) is 16.3 Å². The number of halogens is 1. The Hall–Kier alpha value is -2.58. The number of hydrogen-bond acceptors (Lipinski definition) is 2. The summed E-state index contributed by atoms with van der Waals surface area (Å²) in [6.07, 6.45) is 1.87. The van der Waals surface area contributed by atoms with Gasteiger partial charge in [-0.2, -0.15) is 0 Å². The summed E-state index contributed by atoms with van der Waals surface area (Å²) in [4.78, 5) is 4.60. The highest BCUT2D eigenvalue weighted by molar-refractivity contribution is 6.31. The van der Waals surface area contributed by atoms with Crippen molar-refractivity contribution >= 4 is 17.8 Å². The van der Waals surface area contributed by atoms with Crippen LogP contribution in [0.4, 0.5) is 0 Å². The van der Waals surface area contributed by atoms with E-state index in [-0.39, 0.29) is 6.04 Å². The van der Waals surface area contributed by atoms with Crippen LogP contribution in [0.5, 0.6) is 5.75 Å². The van der Waals surface area contributed by atoms with Crippen LogP contribution in [0.15, 0.2) is 83.9 Å². The van der Waals surface area contributed by atoms with Crippen LogP contribution in [-0.4, -0.2) is 6.21 Å². The zero-order chi connectivity index (χ0) is 17.5. The van der Waals surface area contributed by atoms with Crippen LogP contribution in [-0.2, 0) is 6.61 Å². The van der Waals surface area contributed by atoms with Gasteiger partial charge in [0.1, 0.15) is 12.4 Å². The lowest BCUT2D eigenvalue weighted by Crippen LogP contribution is -1.95. The molecule has 0 radical (unpaired) electrons. The summed E-state index contributed by atoms with van der Waals surface area (Å²) in [5.74, 6) is 0.847. The third-order valence-corrected chi connectivity index (χ3v) is 4.28. The normalized spacial score (nSPS) is 12.2. The molecule has 0 N–H and O–H groups in total. The van der Waals surface area contributed by atoms with Crippen molar-refractivity contribution in [3.63, 3.8) is 0 Å². The predicted molar refractivity (Wildman–Crippen MR) is 105 cm³/mol. The van der Waals surface area contributed by atoms with Crippen molar-refractivity contribution in [3.05, 3.63) is 101 Å². The minimum absolute atomic E-state index is 0.0164. The Bertz CT molecular complexity index is 828. The molecular formula is C22H20ClNO. The predicted octanol–water partition coefficient (Wildman–Crippen LogP) is 6.10. The first-order valence-electron chi connectivity index (χ1n) is 8.27. The number of aliphatic imine (C=N–C) groups is 1. The maximum absolute atomic E-state index is 6.22. The van der Waals surface area contributed by atoms with Gasteiger partial charge in [-0.05, 0) is 53.9 Å². The second kappa shape index (κ2) is 8.50.